The van der Waals surface area contributed by atoms with Crippen LogP contribution in [0.1, 0.15) is 25.6 Å². The molecule has 4 N–H and O–H groups in total. The first-order chi connectivity index (χ1) is 14.9. The Hall–Kier alpha value is -3.91. The summed E-state index contributed by atoms with van der Waals surface area (Å²) in [5.41, 5.74) is 9.66. The molecule has 0 saturated carbocycles. The lowest BCUT2D eigenvalue weighted by Crippen LogP contribution is -2.13. The topological polar surface area (TPSA) is 115 Å². The highest BCUT2D eigenvalue weighted by molar-refractivity contribution is 7.21. The molecule has 0 spiro atoms. The highest BCUT2D eigenvalue weighted by Gasteiger charge is 2.21. The van der Waals surface area contributed by atoms with Crippen LogP contribution in [0.2, 0.25) is 0 Å². The van der Waals surface area contributed by atoms with Crippen molar-refractivity contribution in [1.82, 2.24) is 4.98 Å². The number of methoxy groups -OCH3 is 1. The van der Waals surface area contributed by atoms with Gasteiger partial charge >= 0.3 is 5.97 Å². The van der Waals surface area contributed by atoms with Gasteiger partial charge in [-0.05, 0) is 36.8 Å². The Balaban J connectivity index is 1.73. The van der Waals surface area contributed by atoms with Gasteiger partial charge in [-0.2, -0.15) is 0 Å². The zero-order valence-electron chi connectivity index (χ0n) is 16.8. The van der Waals surface area contributed by atoms with Crippen LogP contribution in [-0.2, 0) is 0 Å². The average Bonchev–Trinajstić information content (AvgIpc) is 3.09. The van der Waals surface area contributed by atoms with Gasteiger partial charge in [0, 0.05) is 10.9 Å². The van der Waals surface area contributed by atoms with Crippen LogP contribution < -0.4 is 15.8 Å². The molecule has 0 radical (unpaired) electrons. The number of nitrogens with zero attached hydrogens (tertiary/aromatic N) is 1. The lowest BCUT2D eigenvalue weighted by atomic mass is 10.1. The molecule has 4 rings (SSSR count). The molecule has 0 aliphatic carbocycles. The van der Waals surface area contributed by atoms with Crippen molar-refractivity contribution in [3.8, 4) is 17.0 Å². The first-order valence-corrected chi connectivity index (χ1v) is 10.2. The number of aromatic nitrogens is 1. The third kappa shape index (κ3) is 3.80. The minimum absolute atomic E-state index is 0.0326. The van der Waals surface area contributed by atoms with Gasteiger partial charge < -0.3 is 20.9 Å². The molecule has 2 aromatic carbocycles. The van der Waals surface area contributed by atoms with Gasteiger partial charge in [0.05, 0.1) is 29.7 Å². The van der Waals surface area contributed by atoms with Gasteiger partial charge in [0.15, 0.2) is 0 Å². The first-order valence-electron chi connectivity index (χ1n) is 9.36. The number of nitrogen functional groups attached to an aromatic ring is 1. The van der Waals surface area contributed by atoms with Crippen molar-refractivity contribution in [2.24, 2.45) is 0 Å². The molecule has 156 valence electrons. The zero-order valence-corrected chi connectivity index (χ0v) is 17.6. The molecule has 0 aliphatic rings. The van der Waals surface area contributed by atoms with Gasteiger partial charge in [0.25, 0.3) is 5.91 Å². The monoisotopic (exact) mass is 433 g/mol. The molecule has 0 bridgehead atoms. The standard InChI is InChI=1S/C23H19N3O4S/c1-12-10-15-18(24)20(31-22(15)26-19(12)13-6-4-3-5-7-13)21(27)25-16-11-14(23(28)29)8-9-17(16)30-2/h3-11H,24H2,1-2H3,(H,25,27)(H,28,29). The first kappa shape index (κ1) is 20.4. The van der Waals surface area contributed by atoms with Crippen molar-refractivity contribution < 1.29 is 19.4 Å². The summed E-state index contributed by atoms with van der Waals surface area (Å²) in [5.74, 6) is -1.22. The Morgan fingerprint density at radius 3 is 2.55 bits per heavy atom. The number of aromatic carboxylic acids is 1. The molecule has 0 saturated heterocycles. The van der Waals surface area contributed by atoms with E-state index in [9.17, 15) is 14.7 Å². The van der Waals surface area contributed by atoms with Gasteiger partial charge in [-0.15, -0.1) is 11.3 Å². The van der Waals surface area contributed by atoms with Gasteiger partial charge in [-0.1, -0.05) is 30.3 Å². The Kier molecular flexibility index (Phi) is 5.31. The minimum atomic E-state index is -1.10. The van der Waals surface area contributed by atoms with Crippen LogP contribution in [0.5, 0.6) is 5.75 Å². The van der Waals surface area contributed by atoms with Gasteiger partial charge in [-0.3, -0.25) is 4.79 Å². The number of aryl methyl sites for hydroxylation is 1. The van der Waals surface area contributed by atoms with E-state index in [0.717, 1.165) is 16.8 Å². The van der Waals surface area contributed by atoms with Crippen LogP contribution in [0.15, 0.2) is 54.6 Å². The third-order valence-electron chi connectivity index (χ3n) is 4.86. The predicted octanol–water partition coefficient (Wildman–Crippen LogP) is 4.81. The molecular weight excluding hydrogens is 414 g/mol. The SMILES string of the molecule is COc1ccc(C(=O)O)cc1NC(=O)c1sc2nc(-c3ccccc3)c(C)cc2c1N. The van der Waals surface area contributed by atoms with Crippen LogP contribution >= 0.6 is 11.3 Å². The number of amides is 1. The summed E-state index contributed by atoms with van der Waals surface area (Å²) < 4.78 is 5.24. The summed E-state index contributed by atoms with van der Waals surface area (Å²) in [4.78, 5) is 30.0. The molecule has 0 atom stereocenters. The van der Waals surface area contributed by atoms with E-state index in [0.29, 0.717) is 26.5 Å². The number of carbonyl (C=O) groups is 2. The molecule has 2 heterocycles. The number of carboxylic acids is 1. The van der Waals surface area contributed by atoms with E-state index >= 15 is 0 Å². The number of carbonyl (C=O) groups excluding carboxylic acids is 1. The fourth-order valence-electron chi connectivity index (χ4n) is 3.32. The molecular formula is C23H19N3O4S. The Morgan fingerprint density at radius 1 is 1.13 bits per heavy atom. The summed E-state index contributed by atoms with van der Waals surface area (Å²) in [6.45, 7) is 1.95. The summed E-state index contributed by atoms with van der Waals surface area (Å²) in [7, 11) is 1.44. The van der Waals surface area contributed by atoms with E-state index in [-0.39, 0.29) is 11.3 Å². The second kappa shape index (κ2) is 8.08. The van der Waals surface area contributed by atoms with Gasteiger partial charge in [0.1, 0.15) is 15.5 Å². The van der Waals surface area contributed by atoms with E-state index in [1.54, 1.807) is 0 Å². The number of anilines is 2. The van der Waals surface area contributed by atoms with Crippen LogP contribution in [-0.4, -0.2) is 29.1 Å². The smallest absolute Gasteiger partial charge is 0.335 e. The van der Waals surface area contributed by atoms with E-state index in [1.165, 1.54) is 36.6 Å². The number of nitrogens with two attached hydrogens (primary N) is 1. The number of thiophene rings is 1. The number of fused-ring (bicyclic) bond motifs is 1. The maximum atomic E-state index is 13.0. The maximum absolute atomic E-state index is 13.0. The van der Waals surface area contributed by atoms with E-state index in [1.807, 2.05) is 43.3 Å². The molecule has 7 nitrogen and oxygen atoms in total. The number of ether oxygens (including phenoxy) is 1. The maximum Gasteiger partial charge on any atom is 0.335 e. The van der Waals surface area contributed by atoms with Crippen molar-refractivity contribution in [2.75, 3.05) is 18.2 Å². The minimum Gasteiger partial charge on any atom is -0.495 e. The third-order valence-corrected chi connectivity index (χ3v) is 5.97. The molecule has 8 heteroatoms. The lowest BCUT2D eigenvalue weighted by Gasteiger charge is -2.10. The number of carboxylic acid groups (broad SMARTS) is 1. The predicted molar refractivity (Wildman–Crippen MR) is 122 cm³/mol. The summed E-state index contributed by atoms with van der Waals surface area (Å²) in [5, 5.41) is 12.6. The summed E-state index contributed by atoms with van der Waals surface area (Å²) in [6.07, 6.45) is 0. The van der Waals surface area contributed by atoms with E-state index in [4.69, 9.17) is 15.5 Å². The van der Waals surface area contributed by atoms with Gasteiger partial charge in [-0.25, -0.2) is 9.78 Å². The molecule has 2 aromatic heterocycles. The Labute approximate surface area is 182 Å². The second-order valence-corrected chi connectivity index (χ2v) is 7.89. The highest BCUT2D eigenvalue weighted by Crippen LogP contribution is 2.37. The van der Waals surface area contributed by atoms with Crippen LogP contribution in [0, 0.1) is 6.92 Å². The fourth-order valence-corrected chi connectivity index (χ4v) is 4.29. The number of hydrogen-bond donors (Lipinski definition) is 3. The number of pyridine rings is 1. The normalized spacial score (nSPS) is 10.8. The molecule has 1 amide bonds. The number of nitrogens with one attached hydrogen (secondary N) is 1. The number of hydrogen-bond acceptors (Lipinski definition) is 6. The number of benzene rings is 2. The van der Waals surface area contributed by atoms with Crippen molar-refractivity contribution >= 4 is 44.8 Å². The second-order valence-electron chi connectivity index (χ2n) is 6.89. The van der Waals surface area contributed by atoms with Gasteiger partial charge in [0.2, 0.25) is 0 Å². The average molecular weight is 433 g/mol. The molecule has 31 heavy (non-hydrogen) atoms. The quantitative estimate of drug-likeness (QED) is 0.416. The van der Waals surface area contributed by atoms with E-state index < -0.39 is 11.9 Å². The van der Waals surface area contributed by atoms with Crippen molar-refractivity contribution in [3.63, 3.8) is 0 Å². The summed E-state index contributed by atoms with van der Waals surface area (Å²) in [6, 6.07) is 16.0. The molecule has 0 unspecified atom stereocenters. The zero-order chi connectivity index (χ0) is 22.1. The van der Waals surface area contributed by atoms with E-state index in [2.05, 4.69) is 5.32 Å². The number of rotatable bonds is 5. The largest absolute Gasteiger partial charge is 0.495 e. The van der Waals surface area contributed by atoms with Crippen molar-refractivity contribution in [2.45, 2.75) is 6.92 Å². The van der Waals surface area contributed by atoms with Crippen molar-refractivity contribution in [3.05, 3.63) is 70.6 Å². The van der Waals surface area contributed by atoms with Crippen molar-refractivity contribution in [1.29, 1.82) is 0 Å². The molecule has 0 fully saturated rings. The van der Waals surface area contributed by atoms with Crippen LogP contribution in [0.4, 0.5) is 11.4 Å². The highest BCUT2D eigenvalue weighted by atomic mass is 32.1. The Bertz CT molecular complexity index is 1320. The molecule has 0 aliphatic heterocycles. The van der Waals surface area contributed by atoms with Crippen LogP contribution in [0.25, 0.3) is 21.5 Å². The summed E-state index contributed by atoms with van der Waals surface area (Å²) >= 11 is 1.19. The lowest BCUT2D eigenvalue weighted by molar-refractivity contribution is 0.0696. The fraction of sp³-hybridized carbons (Fsp3) is 0.0870. The molecule has 4 aromatic rings. The van der Waals surface area contributed by atoms with Crippen LogP contribution in [0.3, 0.4) is 0 Å². The Morgan fingerprint density at radius 2 is 1.87 bits per heavy atom.